The molecule has 6 heteroatoms. The summed E-state index contributed by atoms with van der Waals surface area (Å²) in [6.07, 6.45) is 4.02. The van der Waals surface area contributed by atoms with E-state index in [2.05, 4.69) is 9.97 Å². The van der Waals surface area contributed by atoms with Crippen LogP contribution in [0.5, 0.6) is 11.8 Å². The third-order valence-corrected chi connectivity index (χ3v) is 5.00. The van der Waals surface area contributed by atoms with Crippen molar-refractivity contribution in [2.75, 3.05) is 0 Å². The van der Waals surface area contributed by atoms with Crippen molar-refractivity contribution in [2.45, 2.75) is 65.1 Å². The number of ketones is 2. The molecule has 0 saturated carbocycles. The van der Waals surface area contributed by atoms with E-state index in [0.717, 1.165) is 11.1 Å². The molecule has 1 fully saturated rings. The average Bonchev–Trinajstić information content (AvgIpc) is 2.62. The number of nitrogens with zero attached hydrogens (tertiary/aromatic N) is 2. The summed E-state index contributed by atoms with van der Waals surface area (Å²) < 4.78 is 11.6. The summed E-state index contributed by atoms with van der Waals surface area (Å²) in [4.78, 5) is 34.5. The van der Waals surface area contributed by atoms with Crippen molar-refractivity contribution in [1.29, 1.82) is 0 Å². The van der Waals surface area contributed by atoms with Crippen LogP contribution in [-0.2, 0) is 20.7 Å². The lowest BCUT2D eigenvalue weighted by atomic mass is 9.73. The van der Waals surface area contributed by atoms with Gasteiger partial charge in [0, 0.05) is 12.4 Å². The molecule has 1 aromatic heterocycles. The quantitative estimate of drug-likeness (QED) is 0.745. The van der Waals surface area contributed by atoms with Gasteiger partial charge in [0.25, 0.3) is 0 Å². The molecule has 1 aliphatic rings. The van der Waals surface area contributed by atoms with E-state index in [1.54, 1.807) is 52.2 Å². The molecule has 0 aliphatic carbocycles. The molecule has 0 atom stereocenters. The molecule has 6 nitrogen and oxygen atoms in total. The number of hydrogen-bond acceptors (Lipinski definition) is 6. The van der Waals surface area contributed by atoms with Gasteiger partial charge in [-0.3, -0.25) is 9.59 Å². The molecule has 3 rings (SSSR count). The number of aromatic nitrogens is 2. The van der Waals surface area contributed by atoms with Crippen LogP contribution in [0.1, 0.15) is 57.2 Å². The highest BCUT2D eigenvalue weighted by Gasteiger charge is 2.53. The standard InChI is InChI=1S/C22H26N2O4/c1-7-14-8-9-15(27-20-23-11-13(2)12-24-20)10-16(14)17-18(25)21(3,4)28-22(5,6)19(17)26/h8-12,17H,7H2,1-6H3. The molecule has 0 bridgehead atoms. The van der Waals surface area contributed by atoms with Gasteiger partial charge in [0.2, 0.25) is 0 Å². The molecule has 148 valence electrons. The van der Waals surface area contributed by atoms with Crippen LogP contribution in [0.25, 0.3) is 0 Å². The molecule has 2 aromatic rings. The molecule has 0 N–H and O–H groups in total. The summed E-state index contributed by atoms with van der Waals surface area (Å²) in [7, 11) is 0. The molecular formula is C22H26N2O4. The van der Waals surface area contributed by atoms with Gasteiger partial charge in [0.1, 0.15) is 22.9 Å². The average molecular weight is 382 g/mol. The molecule has 1 aromatic carbocycles. The lowest BCUT2D eigenvalue weighted by Gasteiger charge is -2.43. The Balaban J connectivity index is 2.05. The Bertz CT molecular complexity index is 891. The van der Waals surface area contributed by atoms with Crippen molar-refractivity contribution in [2.24, 2.45) is 0 Å². The number of aryl methyl sites for hydroxylation is 2. The fraction of sp³-hybridized carbons (Fsp3) is 0.455. The number of Topliss-reactive ketones (excluding diaryl/α,β-unsaturated/α-hetero) is 2. The largest absolute Gasteiger partial charge is 0.424 e. The first-order valence-corrected chi connectivity index (χ1v) is 9.43. The normalized spacial score (nSPS) is 18.9. The van der Waals surface area contributed by atoms with Gasteiger partial charge in [-0.25, -0.2) is 9.97 Å². The monoisotopic (exact) mass is 382 g/mol. The molecule has 2 heterocycles. The van der Waals surface area contributed by atoms with Crippen LogP contribution in [0.15, 0.2) is 30.6 Å². The van der Waals surface area contributed by atoms with E-state index >= 15 is 0 Å². The van der Waals surface area contributed by atoms with Gasteiger partial charge < -0.3 is 9.47 Å². The second-order valence-corrected chi connectivity index (χ2v) is 8.14. The Morgan fingerprint density at radius 3 is 2.14 bits per heavy atom. The van der Waals surface area contributed by atoms with Gasteiger partial charge in [-0.1, -0.05) is 13.0 Å². The first kappa shape index (κ1) is 20.1. The fourth-order valence-electron chi connectivity index (χ4n) is 3.60. The lowest BCUT2D eigenvalue weighted by Crippen LogP contribution is -2.58. The number of carbonyl (C=O) groups is 2. The maximum Gasteiger partial charge on any atom is 0.321 e. The Morgan fingerprint density at radius 2 is 1.61 bits per heavy atom. The second-order valence-electron chi connectivity index (χ2n) is 8.14. The summed E-state index contributed by atoms with van der Waals surface area (Å²) in [6, 6.07) is 5.65. The van der Waals surface area contributed by atoms with Crippen LogP contribution < -0.4 is 4.74 Å². The molecule has 0 spiro atoms. The molecular weight excluding hydrogens is 356 g/mol. The van der Waals surface area contributed by atoms with E-state index in [4.69, 9.17) is 9.47 Å². The summed E-state index contributed by atoms with van der Waals surface area (Å²) >= 11 is 0. The molecule has 0 unspecified atom stereocenters. The highest BCUT2D eigenvalue weighted by molar-refractivity contribution is 6.15. The SMILES string of the molecule is CCc1ccc(Oc2ncc(C)cn2)cc1C1C(=O)C(C)(C)OC(C)(C)C1=O. The van der Waals surface area contributed by atoms with E-state index in [1.165, 1.54) is 0 Å². The van der Waals surface area contributed by atoms with E-state index < -0.39 is 17.1 Å². The van der Waals surface area contributed by atoms with Crippen molar-refractivity contribution in [3.8, 4) is 11.8 Å². The molecule has 0 amide bonds. The van der Waals surface area contributed by atoms with Gasteiger partial charge in [-0.05, 0) is 69.9 Å². The van der Waals surface area contributed by atoms with Crippen LogP contribution in [0.3, 0.4) is 0 Å². The molecule has 0 radical (unpaired) electrons. The van der Waals surface area contributed by atoms with Crippen molar-refractivity contribution in [3.05, 3.63) is 47.3 Å². The van der Waals surface area contributed by atoms with Crippen LogP contribution >= 0.6 is 0 Å². The van der Waals surface area contributed by atoms with Crippen molar-refractivity contribution in [3.63, 3.8) is 0 Å². The smallest absolute Gasteiger partial charge is 0.321 e. The summed E-state index contributed by atoms with van der Waals surface area (Å²) in [5.41, 5.74) is 0.412. The third kappa shape index (κ3) is 3.69. The first-order chi connectivity index (χ1) is 13.0. The van der Waals surface area contributed by atoms with Crippen LogP contribution in [0.2, 0.25) is 0 Å². The van der Waals surface area contributed by atoms with Crippen LogP contribution in [0.4, 0.5) is 0 Å². The maximum atomic E-state index is 13.1. The summed E-state index contributed by atoms with van der Waals surface area (Å²) in [5.74, 6) is -0.888. The minimum atomic E-state index is -1.05. The lowest BCUT2D eigenvalue weighted by molar-refractivity contribution is -0.184. The molecule has 1 saturated heterocycles. The highest BCUT2D eigenvalue weighted by atomic mass is 16.5. The predicted octanol–water partition coefficient (Wildman–Crippen LogP) is 3.95. The number of ether oxygens (including phenoxy) is 2. The molecule has 1 aliphatic heterocycles. The summed E-state index contributed by atoms with van der Waals surface area (Å²) in [5, 5.41) is 0. The van der Waals surface area contributed by atoms with Crippen molar-refractivity contribution >= 4 is 11.6 Å². The Hall–Kier alpha value is -2.60. The Kier molecular flexibility index (Phi) is 5.10. The molecule has 28 heavy (non-hydrogen) atoms. The zero-order valence-electron chi connectivity index (χ0n) is 17.2. The Labute approximate surface area is 165 Å². The third-order valence-electron chi connectivity index (χ3n) is 5.00. The van der Waals surface area contributed by atoms with Gasteiger partial charge in [0.15, 0.2) is 11.6 Å². The van der Waals surface area contributed by atoms with Crippen LogP contribution in [-0.4, -0.2) is 32.7 Å². The summed E-state index contributed by atoms with van der Waals surface area (Å²) in [6.45, 7) is 10.7. The van der Waals surface area contributed by atoms with Crippen molar-refractivity contribution in [1.82, 2.24) is 9.97 Å². The number of benzene rings is 1. The van der Waals surface area contributed by atoms with Crippen LogP contribution in [0, 0.1) is 6.92 Å². The minimum Gasteiger partial charge on any atom is -0.424 e. The fourth-order valence-corrected chi connectivity index (χ4v) is 3.60. The number of carbonyl (C=O) groups excluding carboxylic acids is 2. The van der Waals surface area contributed by atoms with Crippen molar-refractivity contribution < 1.29 is 19.1 Å². The second kappa shape index (κ2) is 7.09. The van der Waals surface area contributed by atoms with Gasteiger partial charge in [-0.15, -0.1) is 0 Å². The first-order valence-electron chi connectivity index (χ1n) is 9.43. The Morgan fingerprint density at radius 1 is 1.04 bits per heavy atom. The van der Waals surface area contributed by atoms with E-state index in [0.29, 0.717) is 17.7 Å². The van der Waals surface area contributed by atoms with Gasteiger partial charge in [-0.2, -0.15) is 0 Å². The van der Waals surface area contributed by atoms with E-state index in [1.807, 2.05) is 19.9 Å². The zero-order chi connectivity index (χ0) is 20.7. The number of rotatable bonds is 4. The zero-order valence-corrected chi connectivity index (χ0v) is 17.2. The van der Waals surface area contributed by atoms with E-state index in [-0.39, 0.29) is 17.6 Å². The topological polar surface area (TPSA) is 78.4 Å². The van der Waals surface area contributed by atoms with E-state index in [9.17, 15) is 9.59 Å². The minimum absolute atomic E-state index is 0.214. The maximum absolute atomic E-state index is 13.1. The van der Waals surface area contributed by atoms with Gasteiger partial charge >= 0.3 is 6.01 Å². The number of hydrogen-bond donors (Lipinski definition) is 0. The highest BCUT2D eigenvalue weighted by Crippen LogP contribution is 2.40. The predicted molar refractivity (Wildman–Crippen MR) is 105 cm³/mol. The van der Waals surface area contributed by atoms with Gasteiger partial charge in [0.05, 0.1) is 0 Å².